The summed E-state index contributed by atoms with van der Waals surface area (Å²) >= 11 is 0. The van der Waals surface area contributed by atoms with Crippen LogP contribution < -0.4 is 15.4 Å². The first-order chi connectivity index (χ1) is 13.8. The van der Waals surface area contributed by atoms with Crippen molar-refractivity contribution in [3.8, 4) is 5.75 Å². The van der Waals surface area contributed by atoms with Gasteiger partial charge in [-0.15, -0.1) is 0 Å². The van der Waals surface area contributed by atoms with Crippen LogP contribution >= 0.6 is 0 Å². The van der Waals surface area contributed by atoms with Crippen LogP contribution in [0, 0.1) is 0 Å². The van der Waals surface area contributed by atoms with Gasteiger partial charge in [0.15, 0.2) is 5.96 Å². The zero-order chi connectivity index (χ0) is 19.6. The van der Waals surface area contributed by atoms with Crippen LogP contribution in [0.5, 0.6) is 5.75 Å². The third kappa shape index (κ3) is 5.52. The van der Waals surface area contributed by atoms with E-state index >= 15 is 0 Å². The Morgan fingerprint density at radius 2 is 1.96 bits per heavy atom. The Morgan fingerprint density at radius 1 is 1.14 bits per heavy atom. The lowest BCUT2D eigenvalue weighted by atomic mass is 10.1. The fourth-order valence-electron chi connectivity index (χ4n) is 3.76. The Labute approximate surface area is 168 Å². The summed E-state index contributed by atoms with van der Waals surface area (Å²) < 4.78 is 11.2. The molecule has 0 amide bonds. The molecular formula is C22H32N4O2. The second-order valence-corrected chi connectivity index (χ2v) is 7.07. The van der Waals surface area contributed by atoms with E-state index in [0.29, 0.717) is 0 Å². The molecule has 1 fully saturated rings. The van der Waals surface area contributed by atoms with Gasteiger partial charge >= 0.3 is 0 Å². The van der Waals surface area contributed by atoms with Crippen molar-refractivity contribution in [1.82, 2.24) is 15.5 Å². The highest BCUT2D eigenvalue weighted by atomic mass is 16.5. The Balaban J connectivity index is 1.53. The quantitative estimate of drug-likeness (QED) is 0.540. The summed E-state index contributed by atoms with van der Waals surface area (Å²) in [4.78, 5) is 6.89. The van der Waals surface area contributed by atoms with Gasteiger partial charge in [-0.1, -0.05) is 24.6 Å². The van der Waals surface area contributed by atoms with Crippen molar-refractivity contribution in [3.05, 3.63) is 54.0 Å². The number of para-hydroxylation sites is 1. The van der Waals surface area contributed by atoms with Gasteiger partial charge in [0, 0.05) is 20.1 Å². The van der Waals surface area contributed by atoms with Crippen molar-refractivity contribution in [1.29, 1.82) is 0 Å². The molecule has 1 unspecified atom stereocenters. The van der Waals surface area contributed by atoms with E-state index in [0.717, 1.165) is 50.1 Å². The number of furan rings is 1. The Bertz CT molecular complexity index is 724. The van der Waals surface area contributed by atoms with E-state index in [4.69, 9.17) is 9.15 Å². The number of hydrogen-bond acceptors (Lipinski definition) is 4. The highest BCUT2D eigenvalue weighted by Crippen LogP contribution is 2.24. The summed E-state index contributed by atoms with van der Waals surface area (Å²) in [5, 5.41) is 6.88. The first-order valence-electron chi connectivity index (χ1n) is 10.2. The first-order valence-corrected chi connectivity index (χ1v) is 10.2. The Hall–Kier alpha value is -2.47. The number of nitrogens with one attached hydrogen (secondary N) is 2. The van der Waals surface area contributed by atoms with E-state index in [1.165, 1.54) is 24.8 Å². The van der Waals surface area contributed by atoms with E-state index in [1.54, 1.807) is 20.4 Å². The number of hydrogen-bond donors (Lipinski definition) is 2. The van der Waals surface area contributed by atoms with Gasteiger partial charge in [0.05, 0.1) is 19.4 Å². The molecule has 1 aromatic carbocycles. The molecule has 2 aromatic rings. The Morgan fingerprint density at radius 3 is 2.68 bits per heavy atom. The van der Waals surface area contributed by atoms with Crippen molar-refractivity contribution in [3.63, 3.8) is 0 Å². The van der Waals surface area contributed by atoms with Crippen molar-refractivity contribution < 1.29 is 9.15 Å². The summed E-state index contributed by atoms with van der Waals surface area (Å²) in [6.07, 6.45) is 6.46. The fourth-order valence-corrected chi connectivity index (χ4v) is 3.76. The molecule has 6 nitrogen and oxygen atoms in total. The molecule has 0 radical (unpaired) electrons. The minimum atomic E-state index is 0.225. The van der Waals surface area contributed by atoms with Gasteiger partial charge in [-0.05, 0) is 56.1 Å². The molecule has 3 rings (SSSR count). The minimum absolute atomic E-state index is 0.225. The van der Waals surface area contributed by atoms with Gasteiger partial charge in [-0.25, -0.2) is 0 Å². The predicted molar refractivity (Wildman–Crippen MR) is 113 cm³/mol. The molecule has 1 aliphatic heterocycles. The molecule has 0 aliphatic carbocycles. The lowest BCUT2D eigenvalue weighted by molar-refractivity contribution is 0.146. The highest BCUT2D eigenvalue weighted by molar-refractivity contribution is 5.79. The zero-order valence-electron chi connectivity index (χ0n) is 17.0. The van der Waals surface area contributed by atoms with Crippen LogP contribution in [-0.4, -0.2) is 51.2 Å². The van der Waals surface area contributed by atoms with Gasteiger partial charge in [0.1, 0.15) is 11.5 Å². The standard InChI is InChI=1S/C22H32N4O2/c1-23-22(24-13-12-18-9-4-5-10-20(18)27-2)25-17-19(21-11-8-16-28-21)26-14-6-3-7-15-26/h4-5,8-11,16,19H,3,6-7,12-15,17H2,1-2H3,(H2,23,24,25). The van der Waals surface area contributed by atoms with Crippen molar-refractivity contribution in [2.24, 2.45) is 4.99 Å². The van der Waals surface area contributed by atoms with Gasteiger partial charge in [-0.3, -0.25) is 9.89 Å². The number of piperidine rings is 1. The second kappa shape index (κ2) is 10.8. The maximum absolute atomic E-state index is 5.72. The van der Waals surface area contributed by atoms with Crippen LogP contribution in [0.15, 0.2) is 52.1 Å². The van der Waals surface area contributed by atoms with Gasteiger partial charge in [0.25, 0.3) is 0 Å². The third-order valence-electron chi connectivity index (χ3n) is 5.27. The molecule has 2 N–H and O–H groups in total. The summed E-state index contributed by atoms with van der Waals surface area (Å²) in [7, 11) is 3.52. The number of likely N-dealkylation sites (tertiary alicyclic amines) is 1. The number of guanidine groups is 1. The van der Waals surface area contributed by atoms with Crippen molar-refractivity contribution >= 4 is 5.96 Å². The highest BCUT2D eigenvalue weighted by Gasteiger charge is 2.24. The largest absolute Gasteiger partial charge is 0.496 e. The first kappa shape index (κ1) is 20.3. The number of nitrogens with zero attached hydrogens (tertiary/aromatic N) is 2. The number of aliphatic imine (C=N–C) groups is 1. The molecule has 1 saturated heterocycles. The normalized spacial score (nSPS) is 16.6. The summed E-state index contributed by atoms with van der Waals surface area (Å²) in [6, 6.07) is 12.4. The number of rotatable bonds is 8. The molecule has 1 aliphatic rings. The van der Waals surface area contributed by atoms with E-state index in [2.05, 4.69) is 32.7 Å². The average Bonchev–Trinajstić information content (AvgIpc) is 3.28. The van der Waals surface area contributed by atoms with Crippen molar-refractivity contribution in [2.45, 2.75) is 31.7 Å². The fraction of sp³-hybridized carbons (Fsp3) is 0.500. The minimum Gasteiger partial charge on any atom is -0.496 e. The third-order valence-corrected chi connectivity index (χ3v) is 5.27. The SMILES string of the molecule is CN=C(NCCc1ccccc1OC)NCC(c1ccco1)N1CCCCC1. The second-order valence-electron chi connectivity index (χ2n) is 7.07. The van der Waals surface area contributed by atoms with Crippen LogP contribution in [-0.2, 0) is 6.42 Å². The van der Waals surface area contributed by atoms with Crippen LogP contribution in [0.4, 0.5) is 0 Å². The van der Waals surface area contributed by atoms with E-state index < -0.39 is 0 Å². The average molecular weight is 385 g/mol. The smallest absolute Gasteiger partial charge is 0.191 e. The maximum atomic E-state index is 5.72. The molecule has 28 heavy (non-hydrogen) atoms. The van der Waals surface area contributed by atoms with E-state index in [1.807, 2.05) is 24.3 Å². The zero-order valence-corrected chi connectivity index (χ0v) is 17.0. The molecule has 1 atom stereocenters. The topological polar surface area (TPSA) is 62.0 Å². The summed E-state index contributed by atoms with van der Waals surface area (Å²) in [5.74, 6) is 2.75. The van der Waals surface area contributed by atoms with Crippen LogP contribution in [0.25, 0.3) is 0 Å². The van der Waals surface area contributed by atoms with E-state index in [9.17, 15) is 0 Å². The number of benzene rings is 1. The van der Waals surface area contributed by atoms with Gasteiger partial charge in [0.2, 0.25) is 0 Å². The monoisotopic (exact) mass is 384 g/mol. The molecule has 0 saturated carbocycles. The molecule has 1 aromatic heterocycles. The van der Waals surface area contributed by atoms with Crippen LogP contribution in [0.1, 0.15) is 36.6 Å². The van der Waals surface area contributed by atoms with Crippen LogP contribution in [0.3, 0.4) is 0 Å². The van der Waals surface area contributed by atoms with E-state index in [-0.39, 0.29) is 6.04 Å². The molecule has 2 heterocycles. The Kier molecular flexibility index (Phi) is 7.79. The summed E-state index contributed by atoms with van der Waals surface area (Å²) in [6.45, 7) is 3.79. The van der Waals surface area contributed by atoms with Gasteiger partial charge < -0.3 is 19.8 Å². The lowest BCUT2D eigenvalue weighted by Gasteiger charge is -2.33. The molecule has 152 valence electrons. The van der Waals surface area contributed by atoms with Crippen molar-refractivity contribution in [2.75, 3.05) is 40.3 Å². The molecule has 0 bridgehead atoms. The lowest BCUT2D eigenvalue weighted by Crippen LogP contribution is -2.44. The number of methoxy groups -OCH3 is 1. The molecular weight excluding hydrogens is 352 g/mol. The summed E-state index contributed by atoms with van der Waals surface area (Å²) in [5.41, 5.74) is 1.19. The predicted octanol–water partition coefficient (Wildman–Crippen LogP) is 3.22. The number of ether oxygens (including phenoxy) is 1. The van der Waals surface area contributed by atoms with Crippen LogP contribution in [0.2, 0.25) is 0 Å². The molecule has 6 heteroatoms. The maximum Gasteiger partial charge on any atom is 0.191 e. The molecule has 0 spiro atoms. The van der Waals surface area contributed by atoms with Gasteiger partial charge in [-0.2, -0.15) is 0 Å².